The van der Waals surface area contributed by atoms with Crippen LogP contribution in [0, 0.1) is 0 Å². The Morgan fingerprint density at radius 3 is 2.19 bits per heavy atom. The summed E-state index contributed by atoms with van der Waals surface area (Å²) in [5.41, 5.74) is 0.339. The van der Waals surface area contributed by atoms with E-state index < -0.39 is 21.7 Å². The van der Waals surface area contributed by atoms with Crippen LogP contribution in [0.25, 0.3) is 11.3 Å². The van der Waals surface area contributed by atoms with E-state index in [1.165, 1.54) is 28.2 Å². The molecule has 0 saturated heterocycles. The van der Waals surface area contributed by atoms with E-state index in [2.05, 4.69) is 0 Å². The highest BCUT2D eigenvalue weighted by molar-refractivity contribution is 7.92. The molecule has 0 fully saturated rings. The van der Waals surface area contributed by atoms with Gasteiger partial charge in [-0.05, 0) is 19.1 Å². The van der Waals surface area contributed by atoms with E-state index in [1.54, 1.807) is 18.2 Å². The fourth-order valence-electron chi connectivity index (χ4n) is 2.29. The standard InChI is InChI=1S/C17H21NO8S/c1-6-27(21,22)18(3)17-16(25-10(2)19)14(20)15(26-17)11-7-12(23-4)9-13(8-11)24-5/h7-9,20H,6H2,1-5H3. The first kappa shape index (κ1) is 20.4. The Labute approximate surface area is 157 Å². The molecule has 0 bridgehead atoms. The summed E-state index contributed by atoms with van der Waals surface area (Å²) >= 11 is 0. The summed E-state index contributed by atoms with van der Waals surface area (Å²) < 4.78 is 46.2. The van der Waals surface area contributed by atoms with Crippen LogP contribution >= 0.6 is 0 Å². The van der Waals surface area contributed by atoms with Crippen LogP contribution in [0.3, 0.4) is 0 Å². The molecular formula is C17H21NO8S. The maximum absolute atomic E-state index is 12.2. The lowest BCUT2D eigenvalue weighted by atomic mass is 10.1. The molecule has 0 radical (unpaired) electrons. The van der Waals surface area contributed by atoms with Crippen molar-refractivity contribution in [1.82, 2.24) is 0 Å². The molecular weight excluding hydrogens is 378 g/mol. The highest BCUT2D eigenvalue weighted by Gasteiger charge is 2.31. The van der Waals surface area contributed by atoms with Gasteiger partial charge in [0.15, 0.2) is 5.76 Å². The summed E-state index contributed by atoms with van der Waals surface area (Å²) in [6.45, 7) is 2.58. The van der Waals surface area contributed by atoms with Crippen LogP contribution in [0.4, 0.5) is 5.88 Å². The highest BCUT2D eigenvalue weighted by atomic mass is 32.2. The molecule has 0 atom stereocenters. The van der Waals surface area contributed by atoms with Gasteiger partial charge in [-0.1, -0.05) is 0 Å². The van der Waals surface area contributed by atoms with Gasteiger partial charge >= 0.3 is 5.97 Å². The van der Waals surface area contributed by atoms with E-state index in [0.29, 0.717) is 17.1 Å². The van der Waals surface area contributed by atoms with Crippen molar-refractivity contribution in [3.63, 3.8) is 0 Å². The molecule has 27 heavy (non-hydrogen) atoms. The van der Waals surface area contributed by atoms with E-state index in [0.717, 1.165) is 11.2 Å². The van der Waals surface area contributed by atoms with Gasteiger partial charge in [0.05, 0.1) is 20.0 Å². The molecule has 10 heteroatoms. The average molecular weight is 399 g/mol. The number of carbonyl (C=O) groups is 1. The van der Waals surface area contributed by atoms with Crippen molar-refractivity contribution >= 4 is 21.9 Å². The topological polar surface area (TPSA) is 116 Å². The molecule has 0 aliphatic rings. The third-order valence-electron chi connectivity index (χ3n) is 3.75. The number of hydrogen-bond acceptors (Lipinski definition) is 8. The molecule has 0 aliphatic heterocycles. The summed E-state index contributed by atoms with van der Waals surface area (Å²) in [7, 11) is 0.416. The van der Waals surface area contributed by atoms with Gasteiger partial charge in [-0.25, -0.2) is 12.7 Å². The minimum absolute atomic E-state index is 0.100. The summed E-state index contributed by atoms with van der Waals surface area (Å²) in [6.07, 6.45) is 0. The zero-order valence-corrected chi connectivity index (χ0v) is 16.4. The van der Waals surface area contributed by atoms with Gasteiger partial charge in [-0.3, -0.25) is 4.79 Å². The lowest BCUT2D eigenvalue weighted by Gasteiger charge is -2.16. The number of ether oxygens (including phenoxy) is 3. The number of carbonyl (C=O) groups excluding carboxylic acids is 1. The minimum Gasteiger partial charge on any atom is -0.502 e. The molecule has 0 saturated carbocycles. The van der Waals surface area contributed by atoms with Crippen LogP contribution in [0.2, 0.25) is 0 Å². The predicted molar refractivity (Wildman–Crippen MR) is 98.1 cm³/mol. The van der Waals surface area contributed by atoms with Gasteiger partial charge in [-0.15, -0.1) is 0 Å². The molecule has 2 aromatic rings. The largest absolute Gasteiger partial charge is 0.502 e. The molecule has 0 spiro atoms. The Kier molecular flexibility index (Phi) is 5.89. The molecule has 2 rings (SSSR count). The molecule has 9 nitrogen and oxygen atoms in total. The van der Waals surface area contributed by atoms with Gasteiger partial charge in [0.25, 0.3) is 5.88 Å². The number of hydrogen-bond donors (Lipinski definition) is 1. The van der Waals surface area contributed by atoms with Gasteiger partial charge < -0.3 is 23.7 Å². The lowest BCUT2D eigenvalue weighted by Crippen LogP contribution is -2.28. The first-order chi connectivity index (χ1) is 12.6. The maximum Gasteiger partial charge on any atom is 0.308 e. The fraction of sp³-hybridized carbons (Fsp3) is 0.353. The first-order valence-corrected chi connectivity index (χ1v) is 9.49. The summed E-state index contributed by atoms with van der Waals surface area (Å²) in [5.74, 6) is -1.45. The number of furan rings is 1. The third kappa shape index (κ3) is 4.11. The molecule has 0 amide bonds. The number of benzene rings is 1. The Morgan fingerprint density at radius 2 is 1.74 bits per heavy atom. The Bertz CT molecular complexity index is 926. The Balaban J connectivity index is 2.71. The van der Waals surface area contributed by atoms with E-state index in [4.69, 9.17) is 18.6 Å². The highest BCUT2D eigenvalue weighted by Crippen LogP contribution is 2.49. The summed E-state index contributed by atoms with van der Waals surface area (Å²) in [6, 6.07) is 4.72. The Morgan fingerprint density at radius 1 is 1.19 bits per heavy atom. The zero-order valence-electron chi connectivity index (χ0n) is 15.6. The van der Waals surface area contributed by atoms with Gasteiger partial charge in [0, 0.05) is 25.6 Å². The summed E-state index contributed by atoms with van der Waals surface area (Å²) in [4.78, 5) is 11.4. The van der Waals surface area contributed by atoms with Crippen molar-refractivity contribution in [2.45, 2.75) is 13.8 Å². The van der Waals surface area contributed by atoms with Crippen LogP contribution in [-0.4, -0.2) is 46.5 Å². The molecule has 1 aromatic carbocycles. The van der Waals surface area contributed by atoms with E-state index >= 15 is 0 Å². The minimum atomic E-state index is -3.73. The number of aromatic hydroxyl groups is 1. The number of rotatable bonds is 7. The molecule has 148 valence electrons. The van der Waals surface area contributed by atoms with Crippen LogP contribution in [0.15, 0.2) is 22.6 Å². The second kappa shape index (κ2) is 7.78. The number of nitrogens with zero attached hydrogens (tertiary/aromatic N) is 1. The SMILES string of the molecule is CCS(=O)(=O)N(C)c1oc(-c2cc(OC)cc(OC)c2)c(O)c1OC(C)=O. The third-order valence-corrected chi connectivity index (χ3v) is 5.48. The number of methoxy groups -OCH3 is 2. The average Bonchev–Trinajstić information content (AvgIpc) is 2.96. The predicted octanol–water partition coefficient (Wildman–Crippen LogP) is 2.38. The number of anilines is 1. The van der Waals surface area contributed by atoms with E-state index in [9.17, 15) is 18.3 Å². The van der Waals surface area contributed by atoms with E-state index in [-0.39, 0.29) is 23.1 Å². The molecule has 1 N–H and O–H groups in total. The molecule has 1 heterocycles. The normalized spacial score (nSPS) is 11.1. The van der Waals surface area contributed by atoms with Crippen LogP contribution in [0.5, 0.6) is 23.0 Å². The van der Waals surface area contributed by atoms with Crippen molar-refractivity contribution in [2.24, 2.45) is 0 Å². The van der Waals surface area contributed by atoms with Crippen LogP contribution in [-0.2, 0) is 14.8 Å². The quantitative estimate of drug-likeness (QED) is 0.706. The molecule has 0 unspecified atom stereocenters. The number of esters is 1. The Hall–Kier alpha value is -2.88. The van der Waals surface area contributed by atoms with E-state index in [1.807, 2.05) is 0 Å². The van der Waals surface area contributed by atoms with Gasteiger partial charge in [0.2, 0.25) is 21.5 Å². The first-order valence-electron chi connectivity index (χ1n) is 7.88. The maximum atomic E-state index is 12.2. The second-order valence-corrected chi connectivity index (χ2v) is 7.77. The zero-order chi connectivity index (χ0) is 20.4. The van der Waals surface area contributed by atoms with Gasteiger partial charge in [-0.2, -0.15) is 0 Å². The smallest absolute Gasteiger partial charge is 0.308 e. The van der Waals surface area contributed by atoms with Gasteiger partial charge in [0.1, 0.15) is 11.5 Å². The van der Waals surface area contributed by atoms with Crippen molar-refractivity contribution < 1.29 is 36.9 Å². The number of sulfonamides is 1. The van der Waals surface area contributed by atoms with Crippen molar-refractivity contribution in [3.8, 4) is 34.3 Å². The fourth-order valence-corrected chi connectivity index (χ4v) is 3.05. The van der Waals surface area contributed by atoms with Crippen molar-refractivity contribution in [1.29, 1.82) is 0 Å². The second-order valence-electron chi connectivity index (χ2n) is 5.48. The van der Waals surface area contributed by atoms with Crippen molar-refractivity contribution in [2.75, 3.05) is 31.3 Å². The molecule has 0 aliphatic carbocycles. The lowest BCUT2D eigenvalue weighted by molar-refractivity contribution is -0.132. The van der Waals surface area contributed by atoms with Crippen LogP contribution in [0.1, 0.15) is 13.8 Å². The molecule has 1 aromatic heterocycles. The monoisotopic (exact) mass is 399 g/mol. The van der Waals surface area contributed by atoms with Crippen molar-refractivity contribution in [3.05, 3.63) is 18.2 Å². The van der Waals surface area contributed by atoms with Crippen LogP contribution < -0.4 is 18.5 Å². The summed E-state index contributed by atoms with van der Waals surface area (Å²) in [5, 5.41) is 10.6.